The molecule has 1 N–H and O–H groups in total. The minimum absolute atomic E-state index is 0.207. The van der Waals surface area contributed by atoms with Crippen LogP contribution in [0.4, 0.5) is 4.39 Å². The largest absolute Gasteiger partial charge is 0.312 e. The molecule has 2 heterocycles. The lowest BCUT2D eigenvalue weighted by molar-refractivity contribution is 0.626. The van der Waals surface area contributed by atoms with Gasteiger partial charge in [0.05, 0.1) is 0 Å². The molecule has 6 heteroatoms. The Labute approximate surface area is 150 Å². The molecule has 0 saturated carbocycles. The first-order valence-electron chi connectivity index (χ1n) is 8.51. The van der Waals surface area contributed by atoms with E-state index in [2.05, 4.69) is 39.0 Å². The maximum absolute atomic E-state index is 13.0. The highest BCUT2D eigenvalue weighted by Crippen LogP contribution is 2.21. The number of benzene rings is 2. The molecule has 0 aliphatic rings. The van der Waals surface area contributed by atoms with Gasteiger partial charge in [0.15, 0.2) is 5.65 Å². The fourth-order valence-electron chi connectivity index (χ4n) is 2.94. The predicted molar refractivity (Wildman–Crippen MR) is 98.0 cm³/mol. The van der Waals surface area contributed by atoms with Gasteiger partial charge in [-0.15, -0.1) is 5.10 Å². The van der Waals surface area contributed by atoms with Crippen LogP contribution in [0.15, 0.2) is 66.9 Å². The molecule has 0 bridgehead atoms. The van der Waals surface area contributed by atoms with E-state index >= 15 is 0 Å². The Morgan fingerprint density at radius 1 is 0.962 bits per heavy atom. The summed E-state index contributed by atoms with van der Waals surface area (Å²) in [4.78, 5) is 0. The van der Waals surface area contributed by atoms with Gasteiger partial charge in [0.1, 0.15) is 5.82 Å². The second kappa shape index (κ2) is 7.41. The first-order valence-corrected chi connectivity index (χ1v) is 8.51. The van der Waals surface area contributed by atoms with Gasteiger partial charge in [-0.3, -0.25) is 0 Å². The summed E-state index contributed by atoms with van der Waals surface area (Å²) in [7, 11) is 0. The van der Waals surface area contributed by atoms with E-state index in [1.807, 2.05) is 36.5 Å². The summed E-state index contributed by atoms with van der Waals surface area (Å²) >= 11 is 0. The fraction of sp³-hybridized carbons (Fsp3) is 0.150. The van der Waals surface area contributed by atoms with Gasteiger partial charge in [0.2, 0.25) is 0 Å². The van der Waals surface area contributed by atoms with Crippen LogP contribution in [-0.2, 0) is 13.0 Å². The first kappa shape index (κ1) is 16.4. The van der Waals surface area contributed by atoms with Crippen molar-refractivity contribution >= 4 is 5.65 Å². The Balaban J connectivity index is 1.48. The second-order valence-corrected chi connectivity index (χ2v) is 6.12. The smallest absolute Gasteiger partial charge is 0.183 e. The molecule has 0 fully saturated rings. The van der Waals surface area contributed by atoms with Gasteiger partial charge in [0, 0.05) is 23.9 Å². The monoisotopic (exact) mass is 347 g/mol. The third kappa shape index (κ3) is 3.60. The summed E-state index contributed by atoms with van der Waals surface area (Å²) in [6.45, 7) is 1.45. The van der Waals surface area contributed by atoms with Gasteiger partial charge < -0.3 is 5.32 Å². The summed E-state index contributed by atoms with van der Waals surface area (Å²) in [5, 5.41) is 15.4. The van der Waals surface area contributed by atoms with Crippen LogP contribution in [0.3, 0.4) is 0 Å². The predicted octanol–water partition coefficient (Wildman–Crippen LogP) is 3.26. The van der Waals surface area contributed by atoms with E-state index in [0.29, 0.717) is 6.54 Å². The maximum Gasteiger partial charge on any atom is 0.183 e. The molecule has 5 nitrogen and oxygen atoms in total. The molecule has 2 aromatic carbocycles. The fourth-order valence-corrected chi connectivity index (χ4v) is 2.94. The number of rotatable bonds is 6. The number of hydrogen-bond acceptors (Lipinski definition) is 4. The number of tetrazole rings is 1. The van der Waals surface area contributed by atoms with E-state index < -0.39 is 0 Å². The van der Waals surface area contributed by atoms with Gasteiger partial charge >= 0.3 is 0 Å². The maximum atomic E-state index is 13.0. The van der Waals surface area contributed by atoms with Crippen molar-refractivity contribution in [3.63, 3.8) is 0 Å². The Bertz CT molecular complexity index is 996. The molecule has 0 amide bonds. The number of nitrogens with one attached hydrogen (secondary N) is 1. The summed E-state index contributed by atoms with van der Waals surface area (Å²) in [5.41, 5.74) is 5.08. The molecule has 4 rings (SSSR count). The van der Waals surface area contributed by atoms with Crippen molar-refractivity contribution in [1.29, 1.82) is 0 Å². The van der Waals surface area contributed by atoms with Crippen LogP contribution in [0.2, 0.25) is 0 Å². The standard InChI is InChI=1S/C20H18FN5/c21-19-8-6-15(7-9-19)10-11-22-13-17-12-18(16-4-2-1-3-5-16)14-26-20(17)23-24-25-26/h1-9,12,14,22H,10-11,13H2. The van der Waals surface area contributed by atoms with Crippen LogP contribution < -0.4 is 5.32 Å². The number of fused-ring (bicyclic) bond motifs is 1. The third-order valence-corrected chi connectivity index (χ3v) is 4.30. The molecule has 0 aliphatic heterocycles. The zero-order chi connectivity index (χ0) is 17.8. The highest BCUT2D eigenvalue weighted by atomic mass is 19.1. The molecular formula is C20H18FN5. The molecule has 0 saturated heterocycles. The van der Waals surface area contributed by atoms with Crippen molar-refractivity contribution < 1.29 is 4.39 Å². The third-order valence-electron chi connectivity index (χ3n) is 4.30. The van der Waals surface area contributed by atoms with Crippen LogP contribution in [0.25, 0.3) is 16.8 Å². The Kier molecular flexibility index (Phi) is 4.66. The summed E-state index contributed by atoms with van der Waals surface area (Å²) in [5.74, 6) is -0.207. The molecule has 0 unspecified atom stereocenters. The number of aromatic nitrogens is 4. The second-order valence-electron chi connectivity index (χ2n) is 6.12. The van der Waals surface area contributed by atoms with Crippen molar-refractivity contribution in [1.82, 2.24) is 25.4 Å². The van der Waals surface area contributed by atoms with Crippen LogP contribution in [0.1, 0.15) is 11.1 Å². The number of nitrogens with zero attached hydrogens (tertiary/aromatic N) is 4. The molecule has 0 radical (unpaired) electrons. The van der Waals surface area contributed by atoms with Crippen molar-refractivity contribution in [3.8, 4) is 11.1 Å². The van der Waals surface area contributed by atoms with Crippen LogP contribution in [-0.4, -0.2) is 26.6 Å². The van der Waals surface area contributed by atoms with E-state index in [9.17, 15) is 4.39 Å². The van der Waals surface area contributed by atoms with Gasteiger partial charge in [-0.25, -0.2) is 4.39 Å². The van der Waals surface area contributed by atoms with Crippen molar-refractivity contribution in [2.75, 3.05) is 6.54 Å². The lowest BCUT2D eigenvalue weighted by Crippen LogP contribution is -2.17. The van der Waals surface area contributed by atoms with Gasteiger partial charge in [-0.1, -0.05) is 42.5 Å². The van der Waals surface area contributed by atoms with Gasteiger partial charge in [-0.2, -0.15) is 4.52 Å². The highest BCUT2D eigenvalue weighted by molar-refractivity contribution is 5.66. The summed E-state index contributed by atoms with van der Waals surface area (Å²) in [6.07, 6.45) is 2.77. The van der Waals surface area contributed by atoms with Crippen molar-refractivity contribution in [2.45, 2.75) is 13.0 Å². The first-order chi connectivity index (χ1) is 12.8. The van der Waals surface area contributed by atoms with Crippen molar-refractivity contribution in [2.24, 2.45) is 0 Å². The van der Waals surface area contributed by atoms with E-state index in [1.54, 1.807) is 4.52 Å². The topological polar surface area (TPSA) is 55.1 Å². The van der Waals surface area contributed by atoms with Crippen molar-refractivity contribution in [3.05, 3.63) is 83.8 Å². The zero-order valence-electron chi connectivity index (χ0n) is 14.1. The van der Waals surface area contributed by atoms with Crippen LogP contribution >= 0.6 is 0 Å². The lowest BCUT2D eigenvalue weighted by atomic mass is 10.1. The SMILES string of the molecule is Fc1ccc(CCNCc2cc(-c3ccccc3)cn3nnnc23)cc1. The molecule has 0 aliphatic carbocycles. The Hall–Kier alpha value is -3.12. The molecule has 4 aromatic rings. The van der Waals surface area contributed by atoms with Crippen LogP contribution in [0, 0.1) is 5.82 Å². The van der Waals surface area contributed by atoms with Gasteiger partial charge in [0.25, 0.3) is 0 Å². The summed E-state index contributed by atoms with van der Waals surface area (Å²) < 4.78 is 14.7. The number of halogens is 1. The average Bonchev–Trinajstić information content (AvgIpc) is 3.16. The minimum Gasteiger partial charge on any atom is -0.312 e. The quantitative estimate of drug-likeness (QED) is 0.544. The average molecular weight is 347 g/mol. The van der Waals surface area contributed by atoms with Crippen LogP contribution in [0.5, 0.6) is 0 Å². The van der Waals surface area contributed by atoms with E-state index in [-0.39, 0.29) is 5.82 Å². The Morgan fingerprint density at radius 2 is 1.77 bits per heavy atom. The van der Waals surface area contributed by atoms with E-state index in [0.717, 1.165) is 40.9 Å². The lowest BCUT2D eigenvalue weighted by Gasteiger charge is -2.09. The number of hydrogen-bond donors (Lipinski definition) is 1. The number of pyridine rings is 1. The zero-order valence-corrected chi connectivity index (χ0v) is 14.1. The Morgan fingerprint density at radius 3 is 2.58 bits per heavy atom. The molecule has 26 heavy (non-hydrogen) atoms. The normalized spacial score (nSPS) is 11.1. The summed E-state index contributed by atoms with van der Waals surface area (Å²) in [6, 6.07) is 18.9. The molecule has 130 valence electrons. The highest BCUT2D eigenvalue weighted by Gasteiger charge is 2.09. The van der Waals surface area contributed by atoms with E-state index in [1.165, 1.54) is 12.1 Å². The minimum atomic E-state index is -0.207. The molecule has 0 atom stereocenters. The molecular weight excluding hydrogens is 329 g/mol. The molecule has 0 spiro atoms. The van der Waals surface area contributed by atoms with Gasteiger partial charge in [-0.05, 0) is 52.7 Å². The molecule has 2 aromatic heterocycles. The van der Waals surface area contributed by atoms with E-state index in [4.69, 9.17) is 0 Å².